The molecule has 1 N–H and O–H groups in total. The molecule has 0 amide bonds. The number of rotatable bonds is 3. The van der Waals surface area contributed by atoms with Crippen molar-refractivity contribution >= 4 is 18.1 Å². The first-order valence-corrected chi connectivity index (χ1v) is 4.14. The minimum atomic E-state index is 0. The van der Waals surface area contributed by atoms with Crippen LogP contribution in [-0.4, -0.2) is 10.9 Å². The highest BCUT2D eigenvalue weighted by Crippen LogP contribution is 2.05. The van der Waals surface area contributed by atoms with E-state index >= 15 is 0 Å². The summed E-state index contributed by atoms with van der Waals surface area (Å²) in [5.41, 5.74) is 1.76. The fraction of sp³-hybridized carbons (Fsp3) is 0.300. The second-order valence-electron chi connectivity index (χ2n) is 2.66. The molecule has 0 aromatic heterocycles. The van der Waals surface area contributed by atoms with Crippen molar-refractivity contribution in [3.05, 3.63) is 35.9 Å². The van der Waals surface area contributed by atoms with Crippen LogP contribution in [0.1, 0.15) is 25.3 Å². The predicted molar refractivity (Wildman–Crippen MR) is 56.9 cm³/mol. The van der Waals surface area contributed by atoms with E-state index < -0.39 is 0 Å². The zero-order chi connectivity index (χ0) is 8.81. The average Bonchev–Trinajstić information content (AvgIpc) is 2.15. The molecule has 0 fully saturated rings. The Kier molecular flexibility index (Phi) is 5.98. The summed E-state index contributed by atoms with van der Waals surface area (Å²) in [5, 5.41) is 12.0. The third-order valence-corrected chi connectivity index (χ3v) is 1.71. The maximum absolute atomic E-state index is 8.70. The Morgan fingerprint density at radius 1 is 1.31 bits per heavy atom. The highest BCUT2D eigenvalue weighted by Gasteiger charge is 2.00. The molecular formula is C10H14ClNO. The fourth-order valence-corrected chi connectivity index (χ4v) is 1.12. The molecule has 0 saturated heterocycles. The summed E-state index contributed by atoms with van der Waals surface area (Å²) in [5.74, 6) is 0. The van der Waals surface area contributed by atoms with Crippen LogP contribution < -0.4 is 0 Å². The standard InChI is InChI=1S/C10H13NO.ClH/c1-2-6-10(11-12)9-7-4-3-5-8-9;/h3-5,7-8,12H,2,6H2,1H3;1H. The highest BCUT2D eigenvalue weighted by molar-refractivity contribution is 6.00. The van der Waals surface area contributed by atoms with E-state index in [2.05, 4.69) is 12.1 Å². The Morgan fingerprint density at radius 3 is 2.38 bits per heavy atom. The van der Waals surface area contributed by atoms with Crippen LogP contribution in [0.25, 0.3) is 0 Å². The quantitative estimate of drug-likeness (QED) is 0.453. The van der Waals surface area contributed by atoms with E-state index in [9.17, 15) is 0 Å². The molecular weight excluding hydrogens is 186 g/mol. The van der Waals surface area contributed by atoms with Gasteiger partial charge in [-0.25, -0.2) is 0 Å². The highest BCUT2D eigenvalue weighted by atomic mass is 35.5. The molecule has 0 radical (unpaired) electrons. The molecule has 1 rings (SSSR count). The van der Waals surface area contributed by atoms with Crippen molar-refractivity contribution < 1.29 is 5.21 Å². The zero-order valence-corrected chi connectivity index (χ0v) is 8.42. The smallest absolute Gasteiger partial charge is 0.0867 e. The van der Waals surface area contributed by atoms with Crippen LogP contribution in [0, 0.1) is 0 Å². The Labute approximate surface area is 84.7 Å². The van der Waals surface area contributed by atoms with Gasteiger partial charge in [-0.15, -0.1) is 12.4 Å². The number of oxime groups is 1. The SMILES string of the molecule is CCCC(=NO)c1ccccc1.Cl. The first-order chi connectivity index (χ1) is 5.88. The number of hydrogen-bond donors (Lipinski definition) is 1. The summed E-state index contributed by atoms with van der Waals surface area (Å²) in [6.45, 7) is 2.06. The monoisotopic (exact) mass is 199 g/mol. The summed E-state index contributed by atoms with van der Waals surface area (Å²) in [6, 6.07) is 9.73. The summed E-state index contributed by atoms with van der Waals surface area (Å²) >= 11 is 0. The molecule has 1 aromatic rings. The van der Waals surface area contributed by atoms with E-state index in [1.807, 2.05) is 30.3 Å². The molecule has 0 spiro atoms. The zero-order valence-electron chi connectivity index (χ0n) is 7.60. The second-order valence-corrected chi connectivity index (χ2v) is 2.66. The van der Waals surface area contributed by atoms with Crippen molar-refractivity contribution in [2.75, 3.05) is 0 Å². The maximum Gasteiger partial charge on any atom is 0.0867 e. The molecule has 0 unspecified atom stereocenters. The molecule has 0 saturated carbocycles. The lowest BCUT2D eigenvalue weighted by Crippen LogP contribution is -1.99. The number of nitrogens with zero attached hydrogens (tertiary/aromatic N) is 1. The number of hydrogen-bond acceptors (Lipinski definition) is 2. The van der Waals surface area contributed by atoms with Gasteiger partial charge in [0.2, 0.25) is 0 Å². The molecule has 0 bridgehead atoms. The topological polar surface area (TPSA) is 32.6 Å². The molecule has 0 aliphatic rings. The fourth-order valence-electron chi connectivity index (χ4n) is 1.12. The van der Waals surface area contributed by atoms with Gasteiger partial charge in [0.25, 0.3) is 0 Å². The van der Waals surface area contributed by atoms with Gasteiger partial charge in [-0.1, -0.05) is 48.8 Å². The Balaban J connectivity index is 0.00000144. The Bertz CT molecular complexity index is 259. The third kappa shape index (κ3) is 3.47. The van der Waals surface area contributed by atoms with Crippen LogP contribution >= 0.6 is 12.4 Å². The van der Waals surface area contributed by atoms with Crippen molar-refractivity contribution in [1.29, 1.82) is 0 Å². The van der Waals surface area contributed by atoms with Gasteiger partial charge in [0.1, 0.15) is 0 Å². The van der Waals surface area contributed by atoms with Crippen LogP contribution in [0.4, 0.5) is 0 Å². The molecule has 0 aliphatic heterocycles. The van der Waals surface area contributed by atoms with E-state index in [0.717, 1.165) is 24.1 Å². The van der Waals surface area contributed by atoms with Crippen LogP contribution in [-0.2, 0) is 0 Å². The van der Waals surface area contributed by atoms with Crippen molar-refractivity contribution in [3.63, 3.8) is 0 Å². The normalized spacial score (nSPS) is 10.7. The third-order valence-electron chi connectivity index (χ3n) is 1.71. The van der Waals surface area contributed by atoms with Gasteiger partial charge in [-0.2, -0.15) is 0 Å². The van der Waals surface area contributed by atoms with Crippen molar-refractivity contribution in [2.24, 2.45) is 5.16 Å². The maximum atomic E-state index is 8.70. The second kappa shape index (κ2) is 6.49. The van der Waals surface area contributed by atoms with Crippen LogP contribution in [0.15, 0.2) is 35.5 Å². The molecule has 72 valence electrons. The van der Waals surface area contributed by atoms with Crippen molar-refractivity contribution in [3.8, 4) is 0 Å². The molecule has 2 nitrogen and oxygen atoms in total. The molecule has 13 heavy (non-hydrogen) atoms. The average molecular weight is 200 g/mol. The Hall–Kier alpha value is -1.02. The lowest BCUT2D eigenvalue weighted by atomic mass is 10.1. The van der Waals surface area contributed by atoms with E-state index in [-0.39, 0.29) is 12.4 Å². The predicted octanol–water partition coefficient (Wildman–Crippen LogP) is 3.09. The summed E-state index contributed by atoms with van der Waals surface area (Å²) < 4.78 is 0. The van der Waals surface area contributed by atoms with Crippen LogP contribution in [0.3, 0.4) is 0 Å². The summed E-state index contributed by atoms with van der Waals surface area (Å²) in [7, 11) is 0. The summed E-state index contributed by atoms with van der Waals surface area (Å²) in [6.07, 6.45) is 1.81. The minimum absolute atomic E-state index is 0. The van der Waals surface area contributed by atoms with Gasteiger partial charge >= 0.3 is 0 Å². The largest absolute Gasteiger partial charge is 0.411 e. The first-order valence-electron chi connectivity index (χ1n) is 4.14. The lowest BCUT2D eigenvalue weighted by molar-refractivity contribution is 0.318. The van der Waals surface area contributed by atoms with Gasteiger partial charge in [0.15, 0.2) is 0 Å². The van der Waals surface area contributed by atoms with E-state index in [1.54, 1.807) is 0 Å². The molecule has 0 atom stereocenters. The molecule has 3 heteroatoms. The minimum Gasteiger partial charge on any atom is -0.411 e. The molecule has 0 aliphatic carbocycles. The van der Waals surface area contributed by atoms with E-state index in [4.69, 9.17) is 5.21 Å². The van der Waals surface area contributed by atoms with Crippen LogP contribution in [0.5, 0.6) is 0 Å². The van der Waals surface area contributed by atoms with Gasteiger partial charge in [-0.3, -0.25) is 0 Å². The van der Waals surface area contributed by atoms with Crippen molar-refractivity contribution in [2.45, 2.75) is 19.8 Å². The van der Waals surface area contributed by atoms with Crippen molar-refractivity contribution in [1.82, 2.24) is 0 Å². The van der Waals surface area contributed by atoms with E-state index in [0.29, 0.717) is 0 Å². The number of halogens is 1. The van der Waals surface area contributed by atoms with E-state index in [1.165, 1.54) is 0 Å². The lowest BCUT2D eigenvalue weighted by Gasteiger charge is -2.00. The van der Waals surface area contributed by atoms with Gasteiger partial charge in [0, 0.05) is 0 Å². The van der Waals surface area contributed by atoms with Gasteiger partial charge in [0.05, 0.1) is 5.71 Å². The first kappa shape index (κ1) is 12.0. The van der Waals surface area contributed by atoms with Gasteiger partial charge < -0.3 is 5.21 Å². The Morgan fingerprint density at radius 2 is 1.92 bits per heavy atom. The molecule has 0 heterocycles. The van der Waals surface area contributed by atoms with Crippen LogP contribution in [0.2, 0.25) is 0 Å². The summed E-state index contributed by atoms with van der Waals surface area (Å²) in [4.78, 5) is 0. The van der Waals surface area contributed by atoms with Gasteiger partial charge in [-0.05, 0) is 12.0 Å². The molecule has 1 aromatic carbocycles. The number of benzene rings is 1.